The number of rotatable bonds is 3. The standard InChI is InChI=1S/C16H23N3O5.ClH/c1-17-15(24)19(14(23)16(17)6-3-2-4-7-16)10-12(20)18-8-5-11(9-18)13(21)22;/h11H,2-10H2,1H3,(H,21,22);1H. The van der Waals surface area contributed by atoms with Crippen molar-refractivity contribution in [1.82, 2.24) is 14.7 Å². The Hall–Kier alpha value is -1.83. The van der Waals surface area contributed by atoms with Crippen LogP contribution >= 0.6 is 12.4 Å². The number of likely N-dealkylation sites (tertiary alicyclic amines) is 1. The smallest absolute Gasteiger partial charge is 0.327 e. The van der Waals surface area contributed by atoms with Gasteiger partial charge in [0.05, 0.1) is 5.92 Å². The molecule has 0 aromatic heterocycles. The highest BCUT2D eigenvalue weighted by Gasteiger charge is 2.56. The zero-order valence-electron chi connectivity index (χ0n) is 14.3. The lowest BCUT2D eigenvalue weighted by Gasteiger charge is -2.35. The molecule has 9 heteroatoms. The zero-order valence-corrected chi connectivity index (χ0v) is 15.1. The molecule has 4 amide bonds. The van der Waals surface area contributed by atoms with Crippen LogP contribution < -0.4 is 0 Å². The Labute approximate surface area is 152 Å². The van der Waals surface area contributed by atoms with Gasteiger partial charge in [0.1, 0.15) is 12.1 Å². The quantitative estimate of drug-likeness (QED) is 0.742. The first-order valence-corrected chi connectivity index (χ1v) is 8.47. The number of carboxylic acids is 1. The van der Waals surface area contributed by atoms with E-state index in [0.717, 1.165) is 24.2 Å². The molecule has 2 aliphatic heterocycles. The topological polar surface area (TPSA) is 98.2 Å². The highest BCUT2D eigenvalue weighted by Crippen LogP contribution is 2.39. The third-order valence-corrected chi connectivity index (χ3v) is 5.67. The largest absolute Gasteiger partial charge is 0.481 e. The molecule has 1 spiro atoms. The first-order valence-electron chi connectivity index (χ1n) is 8.47. The summed E-state index contributed by atoms with van der Waals surface area (Å²) in [6, 6.07) is -0.427. The van der Waals surface area contributed by atoms with Crippen LogP contribution in [0.15, 0.2) is 0 Å². The number of likely N-dealkylation sites (N-methyl/N-ethyl adjacent to an activating group) is 1. The van der Waals surface area contributed by atoms with E-state index in [4.69, 9.17) is 5.11 Å². The molecule has 1 aliphatic carbocycles. The number of imide groups is 1. The normalized spacial score (nSPS) is 25.5. The molecule has 3 rings (SSSR count). The lowest BCUT2D eigenvalue weighted by Crippen LogP contribution is -2.49. The summed E-state index contributed by atoms with van der Waals surface area (Å²) in [5.74, 6) is -2.12. The molecule has 1 atom stereocenters. The van der Waals surface area contributed by atoms with Crippen LogP contribution in [0.2, 0.25) is 0 Å². The van der Waals surface area contributed by atoms with Gasteiger partial charge in [-0.2, -0.15) is 0 Å². The minimum Gasteiger partial charge on any atom is -0.481 e. The molecule has 2 saturated heterocycles. The summed E-state index contributed by atoms with van der Waals surface area (Å²) in [6.45, 7) is 0.203. The molecular weight excluding hydrogens is 350 g/mol. The van der Waals surface area contributed by atoms with E-state index in [-0.39, 0.29) is 37.3 Å². The molecular formula is C16H24ClN3O5. The van der Waals surface area contributed by atoms with Crippen LogP contribution in [0.4, 0.5) is 4.79 Å². The molecule has 3 aliphatic rings. The van der Waals surface area contributed by atoms with Crippen molar-refractivity contribution in [2.75, 3.05) is 26.7 Å². The summed E-state index contributed by atoms with van der Waals surface area (Å²) in [7, 11) is 1.63. The predicted molar refractivity (Wildman–Crippen MR) is 90.3 cm³/mol. The van der Waals surface area contributed by atoms with Crippen LogP contribution in [-0.4, -0.2) is 75.8 Å². The molecule has 3 fully saturated rings. The number of amides is 4. The Kier molecular flexibility index (Phi) is 5.61. The Balaban J connectivity index is 0.00000225. The highest BCUT2D eigenvalue weighted by atomic mass is 35.5. The van der Waals surface area contributed by atoms with E-state index < -0.39 is 23.5 Å². The summed E-state index contributed by atoms with van der Waals surface area (Å²) in [4.78, 5) is 52.7. The van der Waals surface area contributed by atoms with E-state index in [1.54, 1.807) is 7.05 Å². The van der Waals surface area contributed by atoms with Crippen molar-refractivity contribution in [2.45, 2.75) is 44.1 Å². The maximum atomic E-state index is 12.8. The van der Waals surface area contributed by atoms with Crippen molar-refractivity contribution in [3.63, 3.8) is 0 Å². The van der Waals surface area contributed by atoms with Gasteiger partial charge in [-0.15, -0.1) is 12.4 Å². The summed E-state index contributed by atoms with van der Waals surface area (Å²) < 4.78 is 0. The van der Waals surface area contributed by atoms with Crippen molar-refractivity contribution >= 4 is 36.2 Å². The number of urea groups is 1. The maximum Gasteiger partial charge on any atom is 0.327 e. The molecule has 1 saturated carbocycles. The number of aliphatic carboxylic acids is 1. The van der Waals surface area contributed by atoms with Gasteiger partial charge in [0.25, 0.3) is 5.91 Å². The molecule has 0 bridgehead atoms. The van der Waals surface area contributed by atoms with E-state index in [1.807, 2.05) is 0 Å². The summed E-state index contributed by atoms with van der Waals surface area (Å²) in [5, 5.41) is 9.02. The third-order valence-electron chi connectivity index (χ3n) is 5.67. The van der Waals surface area contributed by atoms with Crippen LogP contribution in [0, 0.1) is 5.92 Å². The van der Waals surface area contributed by atoms with Crippen molar-refractivity contribution in [2.24, 2.45) is 5.92 Å². The van der Waals surface area contributed by atoms with Gasteiger partial charge in [0.2, 0.25) is 5.91 Å². The first-order chi connectivity index (χ1) is 11.4. The van der Waals surface area contributed by atoms with Gasteiger partial charge < -0.3 is 14.9 Å². The molecule has 1 unspecified atom stereocenters. The number of carbonyl (C=O) groups is 4. The molecule has 8 nitrogen and oxygen atoms in total. The number of hydrogen-bond acceptors (Lipinski definition) is 4. The van der Waals surface area contributed by atoms with E-state index in [2.05, 4.69) is 0 Å². The summed E-state index contributed by atoms with van der Waals surface area (Å²) in [5.41, 5.74) is -0.787. The van der Waals surface area contributed by atoms with Gasteiger partial charge in [0.15, 0.2) is 0 Å². The lowest BCUT2D eigenvalue weighted by atomic mass is 9.81. The Morgan fingerprint density at radius 1 is 1.20 bits per heavy atom. The predicted octanol–water partition coefficient (Wildman–Crippen LogP) is 0.938. The first kappa shape index (κ1) is 19.5. The van der Waals surface area contributed by atoms with Crippen molar-refractivity contribution in [3.05, 3.63) is 0 Å². The Morgan fingerprint density at radius 3 is 2.40 bits per heavy atom. The molecule has 140 valence electrons. The summed E-state index contributed by atoms with van der Waals surface area (Å²) in [6.07, 6.45) is 4.55. The second-order valence-electron chi connectivity index (χ2n) is 6.99. The third kappa shape index (κ3) is 3.19. The highest BCUT2D eigenvalue weighted by molar-refractivity contribution is 6.09. The van der Waals surface area contributed by atoms with E-state index in [1.165, 1.54) is 9.80 Å². The number of carboxylic acid groups (broad SMARTS) is 1. The van der Waals surface area contributed by atoms with Gasteiger partial charge in [-0.05, 0) is 19.3 Å². The van der Waals surface area contributed by atoms with E-state index in [0.29, 0.717) is 25.8 Å². The molecule has 0 aromatic rings. The average Bonchev–Trinajstić information content (AvgIpc) is 3.13. The Morgan fingerprint density at radius 2 is 1.84 bits per heavy atom. The minimum absolute atomic E-state index is 0. The maximum absolute atomic E-state index is 12.8. The van der Waals surface area contributed by atoms with Gasteiger partial charge in [-0.25, -0.2) is 4.79 Å². The monoisotopic (exact) mass is 373 g/mol. The number of halogens is 1. The zero-order chi connectivity index (χ0) is 17.5. The van der Waals surface area contributed by atoms with E-state index in [9.17, 15) is 19.2 Å². The second kappa shape index (κ2) is 7.19. The fourth-order valence-corrected chi connectivity index (χ4v) is 4.09. The molecule has 0 radical (unpaired) electrons. The fourth-order valence-electron chi connectivity index (χ4n) is 4.09. The van der Waals surface area contributed by atoms with Gasteiger partial charge in [-0.3, -0.25) is 19.3 Å². The molecule has 0 aromatic carbocycles. The average molecular weight is 374 g/mol. The fraction of sp³-hybridized carbons (Fsp3) is 0.750. The molecule has 2 heterocycles. The van der Waals surface area contributed by atoms with Crippen LogP contribution in [0.5, 0.6) is 0 Å². The Bertz CT molecular complexity index is 590. The second-order valence-corrected chi connectivity index (χ2v) is 6.99. The van der Waals surface area contributed by atoms with Crippen molar-refractivity contribution in [1.29, 1.82) is 0 Å². The van der Waals surface area contributed by atoms with Crippen molar-refractivity contribution in [3.8, 4) is 0 Å². The number of carbonyl (C=O) groups excluding carboxylic acids is 3. The SMILES string of the molecule is CN1C(=O)N(CC(=O)N2CCC(C(=O)O)C2)C(=O)C12CCCCC2.Cl. The molecule has 25 heavy (non-hydrogen) atoms. The lowest BCUT2D eigenvalue weighted by molar-refractivity contribution is -0.142. The van der Waals surface area contributed by atoms with Gasteiger partial charge in [-0.1, -0.05) is 19.3 Å². The number of nitrogens with zero attached hydrogens (tertiary/aromatic N) is 3. The van der Waals surface area contributed by atoms with Crippen molar-refractivity contribution < 1.29 is 24.3 Å². The van der Waals surface area contributed by atoms with Crippen LogP contribution in [0.3, 0.4) is 0 Å². The van der Waals surface area contributed by atoms with Crippen LogP contribution in [-0.2, 0) is 14.4 Å². The minimum atomic E-state index is -0.917. The van der Waals surface area contributed by atoms with Crippen LogP contribution in [0.1, 0.15) is 38.5 Å². The summed E-state index contributed by atoms with van der Waals surface area (Å²) >= 11 is 0. The van der Waals surface area contributed by atoms with Gasteiger partial charge in [0, 0.05) is 20.1 Å². The number of hydrogen-bond donors (Lipinski definition) is 1. The van der Waals surface area contributed by atoms with E-state index >= 15 is 0 Å². The molecule has 1 N–H and O–H groups in total. The van der Waals surface area contributed by atoms with Gasteiger partial charge >= 0.3 is 12.0 Å². The van der Waals surface area contributed by atoms with Crippen LogP contribution in [0.25, 0.3) is 0 Å².